The predicted molar refractivity (Wildman–Crippen MR) is 97.5 cm³/mol. The third kappa shape index (κ3) is 5.20. The van der Waals surface area contributed by atoms with Crippen molar-refractivity contribution < 1.29 is 14.3 Å². The van der Waals surface area contributed by atoms with Gasteiger partial charge in [0.05, 0.1) is 12.9 Å². The molecular formula is C17H24N4O3S. The molecule has 2 aromatic rings. The van der Waals surface area contributed by atoms with E-state index in [1.807, 2.05) is 35.8 Å². The van der Waals surface area contributed by atoms with Gasteiger partial charge in [0.1, 0.15) is 11.6 Å². The molecule has 0 unspecified atom stereocenters. The molecule has 136 valence electrons. The number of methoxy groups -OCH3 is 2. The molecular weight excluding hydrogens is 340 g/mol. The number of thioether (sulfide) groups is 1. The van der Waals surface area contributed by atoms with Gasteiger partial charge in [-0.2, -0.15) is 0 Å². The number of benzene rings is 1. The number of ether oxygens (including phenoxy) is 2. The van der Waals surface area contributed by atoms with Crippen LogP contribution >= 0.6 is 11.8 Å². The molecule has 8 heteroatoms. The average molecular weight is 364 g/mol. The molecule has 0 atom stereocenters. The Labute approximate surface area is 152 Å². The van der Waals surface area contributed by atoms with Crippen molar-refractivity contribution in [3.63, 3.8) is 0 Å². The summed E-state index contributed by atoms with van der Waals surface area (Å²) < 4.78 is 12.1. The Hall–Kier alpha value is -2.06. The number of hydrogen-bond donors (Lipinski definition) is 0. The number of rotatable bonds is 9. The average Bonchev–Trinajstić information content (AvgIpc) is 3.00. The first-order chi connectivity index (χ1) is 12.1. The number of amides is 1. The first-order valence-corrected chi connectivity index (χ1v) is 8.97. The number of carbonyl (C=O) groups excluding carboxylic acids is 1. The maximum atomic E-state index is 12.2. The zero-order valence-corrected chi connectivity index (χ0v) is 15.9. The van der Waals surface area contributed by atoms with Crippen LogP contribution in [0.2, 0.25) is 0 Å². The van der Waals surface area contributed by atoms with Crippen LogP contribution in [0.25, 0.3) is 5.69 Å². The van der Waals surface area contributed by atoms with Gasteiger partial charge in [-0.25, -0.2) is 0 Å². The van der Waals surface area contributed by atoms with Crippen LogP contribution in [0.3, 0.4) is 0 Å². The van der Waals surface area contributed by atoms with E-state index in [9.17, 15) is 4.79 Å². The van der Waals surface area contributed by atoms with Crippen molar-refractivity contribution in [2.45, 2.75) is 18.5 Å². The molecule has 0 fully saturated rings. The molecule has 0 radical (unpaired) electrons. The fraction of sp³-hybridized carbons (Fsp3) is 0.471. The van der Waals surface area contributed by atoms with Gasteiger partial charge in [0.15, 0.2) is 5.16 Å². The number of carbonyl (C=O) groups is 1. The Morgan fingerprint density at radius 3 is 2.60 bits per heavy atom. The summed E-state index contributed by atoms with van der Waals surface area (Å²) in [5, 5.41) is 9.03. The molecule has 7 nitrogen and oxygen atoms in total. The highest BCUT2D eigenvalue weighted by molar-refractivity contribution is 7.99. The van der Waals surface area contributed by atoms with Gasteiger partial charge in [-0.05, 0) is 37.6 Å². The van der Waals surface area contributed by atoms with Gasteiger partial charge in [0.25, 0.3) is 0 Å². The first kappa shape index (κ1) is 19.3. The summed E-state index contributed by atoms with van der Waals surface area (Å²) >= 11 is 1.38. The van der Waals surface area contributed by atoms with Gasteiger partial charge in [-0.3, -0.25) is 9.36 Å². The zero-order valence-electron chi connectivity index (χ0n) is 15.1. The second kappa shape index (κ2) is 9.43. The predicted octanol–water partition coefficient (Wildman–Crippen LogP) is 2.17. The minimum atomic E-state index is 0.0584. The Morgan fingerprint density at radius 2 is 1.96 bits per heavy atom. The summed E-state index contributed by atoms with van der Waals surface area (Å²) in [6.45, 7) is 3.22. The maximum Gasteiger partial charge on any atom is 0.232 e. The van der Waals surface area contributed by atoms with E-state index in [-0.39, 0.29) is 5.91 Å². The number of aryl methyl sites for hydroxylation is 1. The van der Waals surface area contributed by atoms with Gasteiger partial charge in [0, 0.05) is 33.0 Å². The third-order valence-corrected chi connectivity index (χ3v) is 4.63. The van der Waals surface area contributed by atoms with E-state index in [1.165, 1.54) is 11.8 Å². The Morgan fingerprint density at radius 1 is 1.24 bits per heavy atom. The normalized spacial score (nSPS) is 10.7. The largest absolute Gasteiger partial charge is 0.497 e. The molecule has 0 aliphatic carbocycles. The molecule has 0 bridgehead atoms. The highest BCUT2D eigenvalue weighted by Crippen LogP contribution is 2.23. The van der Waals surface area contributed by atoms with Crippen LogP contribution in [-0.2, 0) is 9.53 Å². The van der Waals surface area contributed by atoms with E-state index >= 15 is 0 Å². The molecule has 25 heavy (non-hydrogen) atoms. The van der Waals surface area contributed by atoms with Gasteiger partial charge in [-0.15, -0.1) is 10.2 Å². The van der Waals surface area contributed by atoms with E-state index in [0.717, 1.165) is 23.7 Å². The van der Waals surface area contributed by atoms with E-state index < -0.39 is 0 Å². The molecule has 0 aliphatic rings. The van der Waals surface area contributed by atoms with Crippen molar-refractivity contribution in [1.29, 1.82) is 0 Å². The van der Waals surface area contributed by atoms with Crippen LogP contribution in [0.5, 0.6) is 5.75 Å². The van der Waals surface area contributed by atoms with Crippen molar-refractivity contribution in [3.8, 4) is 11.4 Å². The van der Waals surface area contributed by atoms with Crippen molar-refractivity contribution in [1.82, 2.24) is 19.7 Å². The smallest absolute Gasteiger partial charge is 0.232 e. The van der Waals surface area contributed by atoms with Crippen molar-refractivity contribution in [2.75, 3.05) is 40.2 Å². The molecule has 0 spiro atoms. The van der Waals surface area contributed by atoms with Crippen molar-refractivity contribution in [2.24, 2.45) is 0 Å². The summed E-state index contributed by atoms with van der Waals surface area (Å²) in [6.07, 6.45) is 0.824. The lowest BCUT2D eigenvalue weighted by molar-refractivity contribution is -0.127. The monoisotopic (exact) mass is 364 g/mol. The van der Waals surface area contributed by atoms with Crippen LogP contribution in [0.15, 0.2) is 29.4 Å². The van der Waals surface area contributed by atoms with E-state index in [4.69, 9.17) is 9.47 Å². The molecule has 1 aromatic heterocycles. The fourth-order valence-electron chi connectivity index (χ4n) is 2.27. The quantitative estimate of drug-likeness (QED) is 0.502. The molecule has 2 rings (SSSR count). The van der Waals surface area contributed by atoms with Gasteiger partial charge < -0.3 is 14.4 Å². The van der Waals surface area contributed by atoms with E-state index in [0.29, 0.717) is 24.1 Å². The minimum Gasteiger partial charge on any atom is -0.497 e. The van der Waals surface area contributed by atoms with E-state index in [2.05, 4.69) is 10.2 Å². The van der Waals surface area contributed by atoms with Gasteiger partial charge in [0.2, 0.25) is 5.91 Å². The highest BCUT2D eigenvalue weighted by atomic mass is 32.2. The zero-order chi connectivity index (χ0) is 18.2. The van der Waals surface area contributed by atoms with Crippen LogP contribution < -0.4 is 4.74 Å². The second-order valence-electron chi connectivity index (χ2n) is 5.51. The topological polar surface area (TPSA) is 69.5 Å². The summed E-state index contributed by atoms with van der Waals surface area (Å²) in [5.74, 6) is 1.94. The molecule has 0 aliphatic heterocycles. The second-order valence-corrected chi connectivity index (χ2v) is 6.46. The third-order valence-electron chi connectivity index (χ3n) is 3.72. The van der Waals surface area contributed by atoms with Crippen LogP contribution in [-0.4, -0.2) is 65.7 Å². The highest BCUT2D eigenvalue weighted by Gasteiger charge is 2.15. The summed E-state index contributed by atoms with van der Waals surface area (Å²) in [7, 11) is 5.10. The molecule has 0 saturated heterocycles. The lowest BCUT2D eigenvalue weighted by atomic mass is 10.3. The van der Waals surface area contributed by atoms with Crippen LogP contribution in [0.1, 0.15) is 12.2 Å². The first-order valence-electron chi connectivity index (χ1n) is 7.99. The van der Waals surface area contributed by atoms with Crippen LogP contribution in [0, 0.1) is 6.92 Å². The number of nitrogens with zero attached hydrogens (tertiary/aromatic N) is 4. The summed E-state index contributed by atoms with van der Waals surface area (Å²) in [4.78, 5) is 14.0. The van der Waals surface area contributed by atoms with Crippen molar-refractivity contribution in [3.05, 3.63) is 30.1 Å². The van der Waals surface area contributed by atoms with Crippen molar-refractivity contribution >= 4 is 17.7 Å². The maximum absolute atomic E-state index is 12.2. The Kier molecular flexibility index (Phi) is 7.27. The Balaban J connectivity index is 2.02. The van der Waals surface area contributed by atoms with Crippen LogP contribution in [0.4, 0.5) is 0 Å². The Bertz CT molecular complexity index is 688. The molecule has 1 aromatic carbocycles. The summed E-state index contributed by atoms with van der Waals surface area (Å²) in [5.41, 5.74) is 0.937. The van der Waals surface area contributed by atoms with E-state index in [1.54, 1.807) is 26.2 Å². The molecule has 0 saturated carbocycles. The molecule has 1 heterocycles. The van der Waals surface area contributed by atoms with Gasteiger partial charge in [-0.1, -0.05) is 11.8 Å². The fourth-order valence-corrected chi connectivity index (χ4v) is 3.21. The number of aromatic nitrogens is 3. The summed E-state index contributed by atoms with van der Waals surface area (Å²) in [6, 6.07) is 7.66. The lowest BCUT2D eigenvalue weighted by Gasteiger charge is -2.16. The standard InChI is InChI=1S/C17H24N4O3S/c1-13-18-19-17(21(13)14-6-8-15(24-4)9-7-14)25-12-16(22)20(2)10-5-11-23-3/h6-9H,5,10-12H2,1-4H3. The SMILES string of the molecule is COCCCN(C)C(=O)CSc1nnc(C)n1-c1ccc(OC)cc1. The van der Waals surface area contributed by atoms with Gasteiger partial charge >= 0.3 is 0 Å². The molecule has 1 amide bonds. The lowest BCUT2D eigenvalue weighted by Crippen LogP contribution is -2.29. The molecule has 0 N–H and O–H groups in total. The minimum absolute atomic E-state index is 0.0584. The number of hydrogen-bond acceptors (Lipinski definition) is 6.